The fraction of sp³-hybridized carbons (Fsp3) is 0.588. The average molecular weight is 307 g/mol. The Morgan fingerprint density at radius 1 is 1.29 bits per heavy atom. The molecule has 1 aliphatic carbocycles. The van der Waals surface area contributed by atoms with E-state index in [4.69, 9.17) is 0 Å². The summed E-state index contributed by atoms with van der Waals surface area (Å²) in [6.07, 6.45) is 7.45. The maximum atomic E-state index is 11.7. The van der Waals surface area contributed by atoms with E-state index < -0.39 is 5.97 Å². The molecule has 1 aromatic carbocycles. The van der Waals surface area contributed by atoms with Crippen molar-refractivity contribution in [2.75, 3.05) is 17.7 Å². The first-order valence-corrected chi connectivity index (χ1v) is 8.85. The molecule has 1 N–H and O–H groups in total. The van der Waals surface area contributed by atoms with Crippen molar-refractivity contribution in [3.8, 4) is 0 Å². The summed E-state index contributed by atoms with van der Waals surface area (Å²) in [5.41, 5.74) is 1.34. The first kappa shape index (κ1) is 16.2. The van der Waals surface area contributed by atoms with Crippen LogP contribution in [0.2, 0.25) is 0 Å². The van der Waals surface area contributed by atoms with Crippen molar-refractivity contribution in [1.29, 1.82) is 0 Å². The third kappa shape index (κ3) is 3.94. The first-order chi connectivity index (χ1) is 10.1. The molecule has 1 aromatic rings. The van der Waals surface area contributed by atoms with Crippen LogP contribution in [0.25, 0.3) is 0 Å². The first-order valence-electron chi connectivity index (χ1n) is 7.87. The van der Waals surface area contributed by atoms with Crippen molar-refractivity contribution >= 4 is 23.4 Å². The van der Waals surface area contributed by atoms with Gasteiger partial charge in [0.25, 0.3) is 0 Å². The minimum absolute atomic E-state index is 0.465. The molecule has 4 heteroatoms. The second kappa shape index (κ2) is 7.74. The lowest BCUT2D eigenvalue weighted by atomic mass is 10.0. The normalized spacial score (nSPS) is 16.5. The van der Waals surface area contributed by atoms with E-state index in [1.54, 1.807) is 11.8 Å². The van der Waals surface area contributed by atoms with Gasteiger partial charge in [0.15, 0.2) is 0 Å². The molecule has 0 unspecified atom stereocenters. The number of nitrogens with zero attached hydrogens (tertiary/aromatic N) is 1. The Hall–Kier alpha value is -1.16. The molecule has 2 rings (SSSR count). The van der Waals surface area contributed by atoms with Gasteiger partial charge in [-0.15, -0.1) is 11.8 Å². The molecule has 0 aliphatic heterocycles. The summed E-state index contributed by atoms with van der Waals surface area (Å²) in [6, 6.07) is 6.32. The van der Waals surface area contributed by atoms with Gasteiger partial charge in [0.05, 0.1) is 11.3 Å². The number of thioether (sulfide) groups is 1. The van der Waals surface area contributed by atoms with E-state index in [1.165, 1.54) is 38.5 Å². The Labute approximate surface area is 131 Å². The molecule has 0 atom stereocenters. The van der Waals surface area contributed by atoms with Crippen LogP contribution in [0.15, 0.2) is 23.1 Å². The van der Waals surface area contributed by atoms with Gasteiger partial charge in [-0.25, -0.2) is 4.79 Å². The van der Waals surface area contributed by atoms with E-state index >= 15 is 0 Å². The zero-order chi connectivity index (χ0) is 15.2. The van der Waals surface area contributed by atoms with E-state index in [0.29, 0.717) is 11.6 Å². The Balaban J connectivity index is 2.32. The fourth-order valence-corrected chi connectivity index (χ4v) is 3.97. The average Bonchev–Trinajstić information content (AvgIpc) is 2.75. The van der Waals surface area contributed by atoms with E-state index in [9.17, 15) is 9.90 Å². The van der Waals surface area contributed by atoms with E-state index in [0.717, 1.165) is 16.3 Å². The summed E-state index contributed by atoms with van der Waals surface area (Å²) in [4.78, 5) is 14.8. The van der Waals surface area contributed by atoms with Crippen LogP contribution in [0.4, 0.5) is 5.69 Å². The number of aromatic carboxylic acids is 1. The molecule has 0 radical (unpaired) electrons. The van der Waals surface area contributed by atoms with Crippen LogP contribution in [0.5, 0.6) is 0 Å². The molecule has 1 fully saturated rings. The highest BCUT2D eigenvalue weighted by molar-refractivity contribution is 7.99. The topological polar surface area (TPSA) is 40.5 Å². The number of hydrogen-bond acceptors (Lipinski definition) is 3. The van der Waals surface area contributed by atoms with Crippen molar-refractivity contribution in [2.24, 2.45) is 0 Å². The second-order valence-corrected chi connectivity index (χ2v) is 6.95. The van der Waals surface area contributed by atoms with Crippen molar-refractivity contribution in [1.82, 2.24) is 0 Å². The Morgan fingerprint density at radius 2 is 1.95 bits per heavy atom. The maximum Gasteiger partial charge on any atom is 0.338 e. The van der Waals surface area contributed by atoms with Crippen molar-refractivity contribution < 1.29 is 9.90 Å². The lowest BCUT2D eigenvalue weighted by molar-refractivity contribution is 0.0693. The van der Waals surface area contributed by atoms with Crippen LogP contribution in [-0.4, -0.2) is 29.9 Å². The summed E-state index contributed by atoms with van der Waals surface area (Å²) in [5.74, 6) is 0.0682. The number of rotatable bonds is 5. The highest BCUT2D eigenvalue weighted by atomic mass is 32.2. The number of carboxylic acid groups (broad SMARTS) is 1. The van der Waals surface area contributed by atoms with Crippen molar-refractivity contribution in [3.05, 3.63) is 23.8 Å². The largest absolute Gasteiger partial charge is 0.478 e. The quantitative estimate of drug-likeness (QED) is 0.634. The highest BCUT2D eigenvalue weighted by Crippen LogP contribution is 2.33. The second-order valence-electron chi connectivity index (χ2n) is 5.64. The Kier molecular flexibility index (Phi) is 5.97. The SMILES string of the molecule is CCSc1cccc(N(C)C2CCCCCC2)c1C(=O)O. The molecule has 3 nitrogen and oxygen atoms in total. The standard InChI is InChI=1S/C17H25NO2S/c1-3-21-15-12-8-11-14(16(15)17(19)20)18(2)13-9-6-4-5-7-10-13/h8,11-13H,3-7,9-10H2,1-2H3,(H,19,20). The van der Waals surface area contributed by atoms with Gasteiger partial charge in [-0.1, -0.05) is 38.7 Å². The van der Waals surface area contributed by atoms with Crippen LogP contribution < -0.4 is 4.90 Å². The molecule has 0 heterocycles. The van der Waals surface area contributed by atoms with Crippen LogP contribution in [0, 0.1) is 0 Å². The highest BCUT2D eigenvalue weighted by Gasteiger charge is 2.23. The Bertz CT molecular complexity index is 482. The zero-order valence-electron chi connectivity index (χ0n) is 13.0. The number of anilines is 1. The van der Waals surface area contributed by atoms with E-state index in [-0.39, 0.29) is 0 Å². The summed E-state index contributed by atoms with van der Waals surface area (Å²) >= 11 is 1.61. The minimum atomic E-state index is -0.818. The molecule has 0 saturated heterocycles. The van der Waals surface area contributed by atoms with Crippen molar-refractivity contribution in [2.45, 2.75) is 56.4 Å². The third-order valence-corrected chi connectivity index (χ3v) is 5.21. The molecule has 0 bridgehead atoms. The predicted octanol–water partition coefficient (Wildman–Crippen LogP) is 4.66. The van der Waals surface area contributed by atoms with Gasteiger partial charge < -0.3 is 10.0 Å². The van der Waals surface area contributed by atoms with Crippen LogP contribution in [-0.2, 0) is 0 Å². The lowest BCUT2D eigenvalue weighted by Gasteiger charge is -2.31. The predicted molar refractivity (Wildman–Crippen MR) is 89.7 cm³/mol. The van der Waals surface area contributed by atoms with Gasteiger partial charge in [0.1, 0.15) is 0 Å². The van der Waals surface area contributed by atoms with Crippen LogP contribution >= 0.6 is 11.8 Å². The lowest BCUT2D eigenvalue weighted by Crippen LogP contribution is -2.32. The molecule has 1 saturated carbocycles. The summed E-state index contributed by atoms with van der Waals surface area (Å²) in [5, 5.41) is 9.64. The monoisotopic (exact) mass is 307 g/mol. The summed E-state index contributed by atoms with van der Waals surface area (Å²) < 4.78 is 0. The van der Waals surface area contributed by atoms with Gasteiger partial charge in [-0.05, 0) is 30.7 Å². The molecule has 0 spiro atoms. The number of hydrogen-bond donors (Lipinski definition) is 1. The van der Waals surface area contributed by atoms with Gasteiger partial charge in [-0.3, -0.25) is 0 Å². The molecule has 0 amide bonds. The van der Waals surface area contributed by atoms with E-state index in [1.807, 2.05) is 18.2 Å². The third-order valence-electron chi connectivity index (χ3n) is 4.27. The molecule has 1 aliphatic rings. The molecule has 116 valence electrons. The van der Waals surface area contributed by atoms with E-state index in [2.05, 4.69) is 18.9 Å². The van der Waals surface area contributed by atoms with Crippen LogP contribution in [0.1, 0.15) is 55.8 Å². The smallest absolute Gasteiger partial charge is 0.338 e. The van der Waals surface area contributed by atoms with Crippen molar-refractivity contribution in [3.63, 3.8) is 0 Å². The van der Waals surface area contributed by atoms with Gasteiger partial charge >= 0.3 is 5.97 Å². The number of benzene rings is 1. The molecule has 21 heavy (non-hydrogen) atoms. The summed E-state index contributed by atoms with van der Waals surface area (Å²) in [7, 11) is 2.05. The molecular formula is C17H25NO2S. The maximum absolute atomic E-state index is 11.7. The van der Waals surface area contributed by atoms with Gasteiger partial charge in [0, 0.05) is 18.0 Å². The molecule has 0 aromatic heterocycles. The fourth-order valence-electron chi connectivity index (χ4n) is 3.15. The number of carbonyl (C=O) groups is 1. The van der Waals surface area contributed by atoms with Gasteiger partial charge in [0.2, 0.25) is 0 Å². The summed E-state index contributed by atoms with van der Waals surface area (Å²) in [6.45, 7) is 2.05. The minimum Gasteiger partial charge on any atom is -0.478 e. The number of carboxylic acids is 1. The van der Waals surface area contributed by atoms with Gasteiger partial charge in [-0.2, -0.15) is 0 Å². The molecular weight excluding hydrogens is 282 g/mol. The van der Waals surface area contributed by atoms with Crippen LogP contribution in [0.3, 0.4) is 0 Å². The zero-order valence-corrected chi connectivity index (χ0v) is 13.8. The Morgan fingerprint density at radius 3 is 2.52 bits per heavy atom.